The van der Waals surface area contributed by atoms with E-state index in [0.717, 1.165) is 41.0 Å². The molecule has 1 aromatic carbocycles. The van der Waals surface area contributed by atoms with Gasteiger partial charge < -0.3 is 19.0 Å². The number of benzene rings is 1. The predicted octanol–water partition coefficient (Wildman–Crippen LogP) is 4.98. The number of carbonyl (C=O) groups is 1. The van der Waals surface area contributed by atoms with E-state index in [9.17, 15) is 10.1 Å². The fourth-order valence-corrected chi connectivity index (χ4v) is 5.55. The second kappa shape index (κ2) is 8.79. The number of pyridine rings is 1. The molecule has 1 saturated heterocycles. The summed E-state index contributed by atoms with van der Waals surface area (Å²) in [5.74, 6) is 1.16. The number of rotatable bonds is 4. The minimum Gasteiger partial charge on any atom is -0.472 e. The van der Waals surface area contributed by atoms with Crippen LogP contribution in [0, 0.1) is 11.3 Å². The Morgan fingerprint density at radius 1 is 1.14 bits per heavy atom. The summed E-state index contributed by atoms with van der Waals surface area (Å²) >= 11 is 0. The molecule has 184 valence electrons. The summed E-state index contributed by atoms with van der Waals surface area (Å²) in [6.07, 6.45) is 5.99. The number of anilines is 1. The van der Waals surface area contributed by atoms with Gasteiger partial charge in [0.1, 0.15) is 18.2 Å². The largest absolute Gasteiger partial charge is 0.472 e. The van der Waals surface area contributed by atoms with Gasteiger partial charge in [-0.05, 0) is 43.9 Å². The molecular weight excluding hydrogens is 452 g/mol. The van der Waals surface area contributed by atoms with Crippen molar-refractivity contribution in [2.75, 3.05) is 24.5 Å². The molecule has 3 aliphatic rings. The van der Waals surface area contributed by atoms with Crippen LogP contribution in [0.3, 0.4) is 0 Å². The van der Waals surface area contributed by atoms with Crippen LogP contribution in [-0.4, -0.2) is 41.0 Å². The number of nitriles is 1. The third-order valence-corrected chi connectivity index (χ3v) is 7.60. The number of hydrogen-bond donors (Lipinski definition) is 0. The minimum atomic E-state index is -0.319. The van der Waals surface area contributed by atoms with Crippen LogP contribution in [0.15, 0.2) is 53.3 Å². The second-order valence-corrected chi connectivity index (χ2v) is 10.6. The molecule has 2 fully saturated rings. The van der Waals surface area contributed by atoms with Gasteiger partial charge in [-0.3, -0.25) is 4.79 Å². The van der Waals surface area contributed by atoms with Crippen molar-refractivity contribution in [3.63, 3.8) is 0 Å². The molecule has 0 N–H and O–H groups in total. The van der Waals surface area contributed by atoms with Gasteiger partial charge in [-0.1, -0.05) is 30.3 Å². The average molecular weight is 483 g/mol. The van der Waals surface area contributed by atoms with Crippen LogP contribution < -0.4 is 4.90 Å². The van der Waals surface area contributed by atoms with E-state index in [0.29, 0.717) is 49.7 Å². The number of ether oxygens (including phenoxy) is 1. The van der Waals surface area contributed by atoms with Crippen LogP contribution in [0.25, 0.3) is 0 Å². The minimum absolute atomic E-state index is 0.0475. The van der Waals surface area contributed by atoms with Crippen LogP contribution >= 0.6 is 0 Å². The number of piperazine rings is 1. The molecule has 4 heterocycles. The summed E-state index contributed by atoms with van der Waals surface area (Å²) in [7, 11) is 0. The van der Waals surface area contributed by atoms with Gasteiger partial charge in [-0.15, -0.1) is 0 Å². The Kier molecular flexibility index (Phi) is 5.57. The first-order chi connectivity index (χ1) is 17.4. The van der Waals surface area contributed by atoms with Crippen molar-refractivity contribution in [3.8, 4) is 6.07 Å². The summed E-state index contributed by atoms with van der Waals surface area (Å²) in [6.45, 7) is 6.38. The molecule has 2 aliphatic heterocycles. The molecule has 1 amide bonds. The predicted molar refractivity (Wildman–Crippen MR) is 135 cm³/mol. The Hall–Kier alpha value is -3.63. The Morgan fingerprint density at radius 2 is 1.94 bits per heavy atom. The monoisotopic (exact) mass is 482 g/mol. The van der Waals surface area contributed by atoms with E-state index in [2.05, 4.69) is 36.9 Å². The Labute approximate surface area is 211 Å². The molecule has 1 saturated carbocycles. The third-order valence-electron chi connectivity index (χ3n) is 7.60. The molecule has 3 aromatic rings. The molecule has 6 rings (SSSR count). The highest BCUT2D eigenvalue weighted by Crippen LogP contribution is 2.46. The summed E-state index contributed by atoms with van der Waals surface area (Å²) in [6, 6.07) is 14.1. The first-order valence-corrected chi connectivity index (χ1v) is 12.7. The van der Waals surface area contributed by atoms with Gasteiger partial charge in [-0.25, -0.2) is 4.98 Å². The molecule has 1 aliphatic carbocycles. The summed E-state index contributed by atoms with van der Waals surface area (Å²) in [5, 5.41) is 10.3. The van der Waals surface area contributed by atoms with Gasteiger partial charge in [-0.2, -0.15) is 5.26 Å². The van der Waals surface area contributed by atoms with E-state index < -0.39 is 0 Å². The number of carbonyl (C=O) groups excluding carboxylic acids is 1. The Bertz CT molecular complexity index is 1320. The standard InChI is InChI=1S/C29H30N4O3/c1-29(2)14-22-23(15-30)27(31-26(20-8-9-20)24(22)18-36-29)32-11-12-33(28(34)21-10-13-35-17-21)25(16-32)19-6-4-3-5-7-19/h3-7,10,13,17,20,25H,8-9,11-12,14,16,18H2,1-2H3/t25-/m1/s1. The number of nitrogens with zero attached hydrogens (tertiary/aromatic N) is 4. The van der Waals surface area contributed by atoms with Crippen LogP contribution in [0.5, 0.6) is 0 Å². The van der Waals surface area contributed by atoms with Gasteiger partial charge in [0.15, 0.2) is 0 Å². The smallest absolute Gasteiger partial charge is 0.257 e. The fraction of sp³-hybridized carbons (Fsp3) is 0.414. The highest BCUT2D eigenvalue weighted by molar-refractivity contribution is 5.94. The van der Waals surface area contributed by atoms with Crippen LogP contribution in [0.1, 0.15) is 77.0 Å². The van der Waals surface area contributed by atoms with Crippen molar-refractivity contribution in [2.24, 2.45) is 0 Å². The van der Waals surface area contributed by atoms with Crippen molar-refractivity contribution >= 4 is 11.7 Å². The van der Waals surface area contributed by atoms with E-state index in [1.54, 1.807) is 6.07 Å². The zero-order chi connectivity index (χ0) is 24.9. The second-order valence-electron chi connectivity index (χ2n) is 10.6. The van der Waals surface area contributed by atoms with Crippen LogP contribution in [-0.2, 0) is 17.8 Å². The third kappa shape index (κ3) is 4.06. The van der Waals surface area contributed by atoms with Crippen LogP contribution in [0.4, 0.5) is 5.82 Å². The maximum Gasteiger partial charge on any atom is 0.257 e. The van der Waals surface area contributed by atoms with Crippen molar-refractivity contribution in [1.29, 1.82) is 5.26 Å². The lowest BCUT2D eigenvalue weighted by atomic mass is 9.87. The van der Waals surface area contributed by atoms with Gasteiger partial charge in [0.05, 0.1) is 41.3 Å². The quantitative estimate of drug-likeness (QED) is 0.522. The first kappa shape index (κ1) is 22.8. The van der Waals surface area contributed by atoms with E-state index in [4.69, 9.17) is 14.1 Å². The molecule has 2 aromatic heterocycles. The molecule has 0 unspecified atom stereocenters. The SMILES string of the molecule is CC1(C)Cc2c(C#N)c(N3CCN(C(=O)c4ccoc4)[C@@H](c4ccccc4)C3)nc(C3CC3)c2CO1. The average Bonchev–Trinajstić information content (AvgIpc) is 3.59. The highest BCUT2D eigenvalue weighted by Gasteiger charge is 2.39. The molecule has 36 heavy (non-hydrogen) atoms. The zero-order valence-corrected chi connectivity index (χ0v) is 20.7. The Balaban J connectivity index is 1.41. The van der Waals surface area contributed by atoms with Gasteiger partial charge in [0, 0.05) is 37.5 Å². The summed E-state index contributed by atoms with van der Waals surface area (Å²) in [4.78, 5) is 22.7. The highest BCUT2D eigenvalue weighted by atomic mass is 16.5. The van der Waals surface area contributed by atoms with Gasteiger partial charge in [0.25, 0.3) is 5.91 Å². The topological polar surface area (TPSA) is 82.6 Å². The number of aromatic nitrogens is 1. The van der Waals surface area contributed by atoms with E-state index in [1.807, 2.05) is 23.1 Å². The summed E-state index contributed by atoms with van der Waals surface area (Å²) in [5.41, 5.74) is 5.26. The van der Waals surface area contributed by atoms with E-state index in [-0.39, 0.29) is 17.6 Å². The molecule has 0 spiro atoms. The molecule has 7 nitrogen and oxygen atoms in total. The number of hydrogen-bond acceptors (Lipinski definition) is 6. The molecule has 7 heteroatoms. The van der Waals surface area contributed by atoms with Gasteiger partial charge >= 0.3 is 0 Å². The molecule has 0 radical (unpaired) electrons. The van der Waals surface area contributed by atoms with Gasteiger partial charge in [0.2, 0.25) is 0 Å². The van der Waals surface area contributed by atoms with Crippen molar-refractivity contribution < 1.29 is 13.9 Å². The number of fused-ring (bicyclic) bond motifs is 1. The first-order valence-electron chi connectivity index (χ1n) is 12.7. The van der Waals surface area contributed by atoms with Crippen molar-refractivity contribution in [1.82, 2.24) is 9.88 Å². The number of furan rings is 1. The zero-order valence-electron chi connectivity index (χ0n) is 20.7. The maximum absolute atomic E-state index is 13.4. The lowest BCUT2D eigenvalue weighted by molar-refractivity contribution is -0.0407. The lowest BCUT2D eigenvalue weighted by Gasteiger charge is -2.43. The number of amides is 1. The van der Waals surface area contributed by atoms with Crippen molar-refractivity contribution in [2.45, 2.75) is 57.3 Å². The fourth-order valence-electron chi connectivity index (χ4n) is 5.55. The molecule has 0 bridgehead atoms. The Morgan fingerprint density at radius 3 is 2.64 bits per heavy atom. The normalized spacial score (nSPS) is 21.1. The van der Waals surface area contributed by atoms with E-state index >= 15 is 0 Å². The van der Waals surface area contributed by atoms with E-state index in [1.165, 1.54) is 12.5 Å². The maximum atomic E-state index is 13.4. The molecular formula is C29H30N4O3. The lowest BCUT2D eigenvalue weighted by Crippen LogP contribution is -2.51. The van der Waals surface area contributed by atoms with Crippen LogP contribution in [0.2, 0.25) is 0 Å². The molecule has 1 atom stereocenters. The summed E-state index contributed by atoms with van der Waals surface area (Å²) < 4.78 is 11.3. The van der Waals surface area contributed by atoms with Crippen molar-refractivity contribution in [3.05, 3.63) is 82.4 Å².